The van der Waals surface area contributed by atoms with Crippen molar-refractivity contribution in [2.75, 3.05) is 25.5 Å². The maximum absolute atomic E-state index is 12.8. The molecule has 1 heterocycles. The Morgan fingerprint density at radius 2 is 1.79 bits per heavy atom. The number of halogens is 1. The zero-order valence-electron chi connectivity index (χ0n) is 15.8. The van der Waals surface area contributed by atoms with Gasteiger partial charge in [0.15, 0.2) is 0 Å². The molecule has 0 saturated carbocycles. The number of ether oxygens (including phenoxy) is 1. The summed E-state index contributed by atoms with van der Waals surface area (Å²) in [6, 6.07) is 11.3. The van der Waals surface area contributed by atoms with Gasteiger partial charge in [-0.3, -0.25) is 4.79 Å². The lowest BCUT2D eigenvalue weighted by atomic mass is 10.0. The Balaban J connectivity index is 1.70. The standard InChI is InChI=1S/C20H23BrN2O4S/c1-14-9-11-23(12-10-14)28(25,26)17-6-4-16(5-7-17)22-20(24)15-3-8-19(27-2)18(21)13-15/h3-8,13-14H,9-12H2,1-2H3,(H,22,24). The molecule has 1 N–H and O–H groups in total. The lowest BCUT2D eigenvalue weighted by molar-refractivity contribution is 0.102. The van der Waals surface area contributed by atoms with Gasteiger partial charge in [-0.05, 0) is 77.2 Å². The fraction of sp³-hybridized carbons (Fsp3) is 0.350. The molecule has 1 aliphatic rings. The van der Waals surface area contributed by atoms with Gasteiger partial charge >= 0.3 is 0 Å². The van der Waals surface area contributed by atoms with E-state index in [1.165, 1.54) is 16.4 Å². The number of methoxy groups -OCH3 is 1. The van der Waals surface area contributed by atoms with Gasteiger partial charge in [0.25, 0.3) is 5.91 Å². The second-order valence-electron chi connectivity index (χ2n) is 6.91. The first-order chi connectivity index (χ1) is 13.3. The summed E-state index contributed by atoms with van der Waals surface area (Å²) in [4.78, 5) is 12.7. The van der Waals surface area contributed by atoms with Crippen LogP contribution in [0.15, 0.2) is 51.8 Å². The summed E-state index contributed by atoms with van der Waals surface area (Å²) in [5.74, 6) is 0.907. The number of piperidine rings is 1. The molecule has 0 unspecified atom stereocenters. The average molecular weight is 467 g/mol. The van der Waals surface area contributed by atoms with Gasteiger partial charge in [0, 0.05) is 24.3 Å². The van der Waals surface area contributed by atoms with Crippen molar-refractivity contribution in [3.63, 3.8) is 0 Å². The van der Waals surface area contributed by atoms with E-state index in [0.717, 1.165) is 12.8 Å². The first-order valence-electron chi connectivity index (χ1n) is 9.06. The molecular formula is C20H23BrN2O4S. The van der Waals surface area contributed by atoms with Crippen LogP contribution in [0.1, 0.15) is 30.1 Å². The number of sulfonamides is 1. The Morgan fingerprint density at radius 3 is 2.36 bits per heavy atom. The van der Waals surface area contributed by atoms with Crippen molar-refractivity contribution < 1.29 is 17.9 Å². The second-order valence-corrected chi connectivity index (χ2v) is 9.71. The number of hydrogen-bond donors (Lipinski definition) is 1. The van der Waals surface area contributed by atoms with Crippen LogP contribution in [0.4, 0.5) is 5.69 Å². The molecule has 2 aromatic rings. The number of nitrogens with one attached hydrogen (secondary N) is 1. The molecule has 1 aliphatic heterocycles. The van der Waals surface area contributed by atoms with E-state index in [9.17, 15) is 13.2 Å². The lowest BCUT2D eigenvalue weighted by Gasteiger charge is -2.29. The molecule has 2 aromatic carbocycles. The molecule has 0 aromatic heterocycles. The molecular weight excluding hydrogens is 444 g/mol. The molecule has 0 bridgehead atoms. The van der Waals surface area contributed by atoms with E-state index >= 15 is 0 Å². The Morgan fingerprint density at radius 1 is 1.14 bits per heavy atom. The van der Waals surface area contributed by atoms with Crippen LogP contribution in [-0.4, -0.2) is 38.8 Å². The third-order valence-corrected chi connectivity index (χ3v) is 7.44. The summed E-state index contributed by atoms with van der Waals surface area (Å²) in [5.41, 5.74) is 0.995. The van der Waals surface area contributed by atoms with Crippen LogP contribution in [0.5, 0.6) is 5.75 Å². The zero-order chi connectivity index (χ0) is 20.3. The number of nitrogens with zero attached hydrogens (tertiary/aromatic N) is 1. The van der Waals surface area contributed by atoms with Crippen LogP contribution in [0.2, 0.25) is 0 Å². The maximum atomic E-state index is 12.8. The Bertz CT molecular complexity index is 953. The predicted octanol–water partition coefficient (Wildman–Crippen LogP) is 4.13. The first-order valence-corrected chi connectivity index (χ1v) is 11.3. The smallest absolute Gasteiger partial charge is 0.255 e. The minimum atomic E-state index is -3.50. The molecule has 28 heavy (non-hydrogen) atoms. The number of hydrogen-bond acceptors (Lipinski definition) is 4. The maximum Gasteiger partial charge on any atom is 0.255 e. The molecule has 0 atom stereocenters. The van der Waals surface area contributed by atoms with Crippen molar-refractivity contribution in [1.82, 2.24) is 4.31 Å². The predicted molar refractivity (Wildman–Crippen MR) is 112 cm³/mol. The van der Waals surface area contributed by atoms with Crippen LogP contribution in [0.3, 0.4) is 0 Å². The largest absolute Gasteiger partial charge is 0.496 e. The van der Waals surface area contributed by atoms with Crippen LogP contribution in [0.25, 0.3) is 0 Å². The van der Waals surface area contributed by atoms with Gasteiger partial charge in [-0.25, -0.2) is 8.42 Å². The Hall–Kier alpha value is -1.90. The van der Waals surface area contributed by atoms with Gasteiger partial charge in [-0.2, -0.15) is 4.31 Å². The van der Waals surface area contributed by atoms with Crippen molar-refractivity contribution in [1.29, 1.82) is 0 Å². The SMILES string of the molecule is COc1ccc(C(=O)Nc2ccc(S(=O)(=O)N3CCC(C)CC3)cc2)cc1Br. The van der Waals surface area contributed by atoms with Gasteiger partial charge < -0.3 is 10.1 Å². The molecule has 1 fully saturated rings. The number of carbonyl (C=O) groups excluding carboxylic acids is 1. The topological polar surface area (TPSA) is 75.7 Å². The summed E-state index contributed by atoms with van der Waals surface area (Å²) < 4.78 is 32.9. The summed E-state index contributed by atoms with van der Waals surface area (Å²) in [5, 5.41) is 2.78. The zero-order valence-corrected chi connectivity index (χ0v) is 18.2. The fourth-order valence-electron chi connectivity index (χ4n) is 3.10. The molecule has 3 rings (SSSR count). The van der Waals surface area contributed by atoms with Crippen molar-refractivity contribution in [3.05, 3.63) is 52.5 Å². The van der Waals surface area contributed by atoms with Gasteiger partial charge in [-0.15, -0.1) is 0 Å². The van der Waals surface area contributed by atoms with Crippen LogP contribution in [-0.2, 0) is 10.0 Å². The lowest BCUT2D eigenvalue weighted by Crippen LogP contribution is -2.37. The van der Waals surface area contributed by atoms with E-state index in [1.54, 1.807) is 37.4 Å². The summed E-state index contributed by atoms with van der Waals surface area (Å²) in [6.07, 6.45) is 1.76. The van der Waals surface area contributed by atoms with E-state index in [0.29, 0.717) is 40.5 Å². The highest BCUT2D eigenvalue weighted by Gasteiger charge is 2.27. The number of carbonyl (C=O) groups is 1. The van der Waals surface area contributed by atoms with E-state index in [-0.39, 0.29) is 10.8 Å². The third kappa shape index (κ3) is 4.56. The molecule has 1 amide bonds. The van der Waals surface area contributed by atoms with E-state index in [1.807, 2.05) is 0 Å². The normalized spacial score (nSPS) is 16.0. The van der Waals surface area contributed by atoms with Gasteiger partial charge in [0.2, 0.25) is 10.0 Å². The third-order valence-electron chi connectivity index (χ3n) is 4.91. The molecule has 6 nitrogen and oxygen atoms in total. The quantitative estimate of drug-likeness (QED) is 0.718. The second kappa shape index (κ2) is 8.63. The van der Waals surface area contributed by atoms with Crippen molar-refractivity contribution in [2.45, 2.75) is 24.7 Å². The van der Waals surface area contributed by atoms with Gasteiger partial charge in [0.05, 0.1) is 16.5 Å². The molecule has 0 radical (unpaired) electrons. The minimum Gasteiger partial charge on any atom is -0.496 e. The van der Waals surface area contributed by atoms with Crippen LogP contribution >= 0.6 is 15.9 Å². The molecule has 150 valence electrons. The van der Waals surface area contributed by atoms with E-state index < -0.39 is 10.0 Å². The monoisotopic (exact) mass is 466 g/mol. The summed E-state index contributed by atoms with van der Waals surface area (Å²) in [6.45, 7) is 3.24. The fourth-order valence-corrected chi connectivity index (χ4v) is 5.11. The number of benzene rings is 2. The highest BCUT2D eigenvalue weighted by Crippen LogP contribution is 2.27. The van der Waals surface area contributed by atoms with Crippen molar-refractivity contribution in [3.8, 4) is 5.75 Å². The number of rotatable bonds is 5. The summed E-state index contributed by atoms with van der Waals surface area (Å²) >= 11 is 3.36. The van der Waals surface area contributed by atoms with Crippen LogP contribution < -0.4 is 10.1 Å². The first kappa shape index (κ1) is 20.8. The van der Waals surface area contributed by atoms with Gasteiger partial charge in [0.1, 0.15) is 5.75 Å². The summed E-state index contributed by atoms with van der Waals surface area (Å²) in [7, 11) is -1.94. The molecule has 0 spiro atoms. The molecule has 0 aliphatic carbocycles. The highest BCUT2D eigenvalue weighted by atomic mass is 79.9. The number of anilines is 1. The van der Waals surface area contributed by atoms with Crippen molar-refractivity contribution >= 4 is 37.5 Å². The van der Waals surface area contributed by atoms with Gasteiger partial charge in [-0.1, -0.05) is 6.92 Å². The van der Waals surface area contributed by atoms with Crippen molar-refractivity contribution in [2.24, 2.45) is 5.92 Å². The highest BCUT2D eigenvalue weighted by molar-refractivity contribution is 9.10. The molecule has 1 saturated heterocycles. The average Bonchev–Trinajstić information content (AvgIpc) is 2.68. The Labute approximate surface area is 174 Å². The van der Waals surface area contributed by atoms with E-state index in [2.05, 4.69) is 28.2 Å². The molecule has 8 heteroatoms. The minimum absolute atomic E-state index is 0.243. The Kier molecular flexibility index (Phi) is 6.42. The van der Waals surface area contributed by atoms with E-state index in [4.69, 9.17) is 4.74 Å². The number of amides is 1. The van der Waals surface area contributed by atoms with Crippen LogP contribution in [0, 0.1) is 5.92 Å².